The van der Waals surface area contributed by atoms with Crippen LogP contribution >= 0.6 is 23.2 Å². The Bertz CT molecular complexity index is 874. The van der Waals surface area contributed by atoms with Crippen molar-refractivity contribution in [2.24, 2.45) is 0 Å². The van der Waals surface area contributed by atoms with Crippen LogP contribution in [0, 0.1) is 6.92 Å². The summed E-state index contributed by atoms with van der Waals surface area (Å²) in [5.74, 6) is 0. The van der Waals surface area contributed by atoms with Crippen molar-refractivity contribution in [1.82, 2.24) is 14.6 Å². The molecule has 3 rings (SSSR count). The van der Waals surface area contributed by atoms with Gasteiger partial charge in [0.05, 0.1) is 26.8 Å². The van der Waals surface area contributed by atoms with Gasteiger partial charge in [-0.25, -0.2) is 4.52 Å². The van der Waals surface area contributed by atoms with E-state index in [0.29, 0.717) is 26.7 Å². The molecule has 4 nitrogen and oxygen atoms in total. The van der Waals surface area contributed by atoms with E-state index in [1.807, 2.05) is 19.1 Å². The molecule has 0 aliphatic carbocycles. The summed E-state index contributed by atoms with van der Waals surface area (Å²) in [5, 5.41) is 5.14. The maximum absolute atomic E-state index is 12.1. The molecule has 0 radical (unpaired) electrons. The van der Waals surface area contributed by atoms with Crippen molar-refractivity contribution in [3.63, 3.8) is 0 Å². The first-order valence-electron chi connectivity index (χ1n) is 5.87. The van der Waals surface area contributed by atoms with Crippen LogP contribution in [0.15, 0.2) is 41.5 Å². The summed E-state index contributed by atoms with van der Waals surface area (Å²) in [4.78, 5) is 15.9. The Kier molecular flexibility index (Phi) is 3.20. The van der Waals surface area contributed by atoms with E-state index in [-0.39, 0.29) is 5.56 Å². The zero-order valence-electron chi connectivity index (χ0n) is 10.5. The van der Waals surface area contributed by atoms with Gasteiger partial charge in [0, 0.05) is 0 Å². The molecule has 0 atom stereocenters. The highest BCUT2D eigenvalue weighted by Crippen LogP contribution is 2.28. The molecule has 0 unspecified atom stereocenters. The molecule has 100 valence electrons. The second kappa shape index (κ2) is 4.89. The second-order valence-electron chi connectivity index (χ2n) is 4.36. The van der Waals surface area contributed by atoms with E-state index in [9.17, 15) is 4.79 Å². The number of aryl methyl sites for hydroxylation is 1. The Morgan fingerprint density at radius 3 is 2.65 bits per heavy atom. The third-order valence-corrected chi connectivity index (χ3v) is 3.70. The molecule has 0 saturated heterocycles. The van der Waals surface area contributed by atoms with Crippen molar-refractivity contribution < 1.29 is 0 Å². The number of rotatable bonds is 1. The number of hydrogen-bond donors (Lipinski definition) is 0. The van der Waals surface area contributed by atoms with Gasteiger partial charge in [-0.3, -0.25) is 4.79 Å². The Balaban J connectivity index is 2.37. The van der Waals surface area contributed by atoms with Gasteiger partial charge in [-0.15, -0.1) is 0 Å². The highest BCUT2D eigenvalue weighted by molar-refractivity contribution is 6.42. The van der Waals surface area contributed by atoms with Crippen molar-refractivity contribution in [2.75, 3.05) is 0 Å². The van der Waals surface area contributed by atoms with Gasteiger partial charge in [0.25, 0.3) is 5.56 Å². The second-order valence-corrected chi connectivity index (χ2v) is 5.17. The number of fused-ring (bicyclic) bond motifs is 1. The van der Waals surface area contributed by atoms with Crippen LogP contribution in [0.2, 0.25) is 10.0 Å². The van der Waals surface area contributed by atoms with Gasteiger partial charge in [-0.1, -0.05) is 29.3 Å². The summed E-state index contributed by atoms with van der Waals surface area (Å²) in [6, 6.07) is 8.73. The monoisotopic (exact) mass is 305 g/mol. The van der Waals surface area contributed by atoms with Crippen LogP contribution in [0.1, 0.15) is 5.69 Å². The maximum atomic E-state index is 12.1. The number of hydrogen-bond acceptors (Lipinski definition) is 3. The number of benzene rings is 1. The normalized spacial score (nSPS) is 10.9. The fraction of sp³-hybridized carbons (Fsp3) is 0.0714. The Hall–Kier alpha value is -1.91. The Morgan fingerprint density at radius 2 is 1.90 bits per heavy atom. The first kappa shape index (κ1) is 13.1. The van der Waals surface area contributed by atoms with Crippen LogP contribution in [0.4, 0.5) is 0 Å². The average molecular weight is 306 g/mol. The molecule has 0 N–H and O–H groups in total. The van der Waals surface area contributed by atoms with Crippen molar-refractivity contribution in [1.29, 1.82) is 0 Å². The first-order chi connectivity index (χ1) is 9.56. The minimum absolute atomic E-state index is 0.325. The summed E-state index contributed by atoms with van der Waals surface area (Å²) in [6.07, 6.45) is 1.41. The van der Waals surface area contributed by atoms with Crippen LogP contribution in [0.3, 0.4) is 0 Å². The molecule has 0 spiro atoms. The number of aromatic nitrogens is 3. The maximum Gasteiger partial charge on any atom is 0.281 e. The molecule has 2 aromatic heterocycles. The lowest BCUT2D eigenvalue weighted by atomic mass is 10.1. The zero-order chi connectivity index (χ0) is 14.3. The molecular formula is C14H9Cl2N3O. The van der Waals surface area contributed by atoms with Gasteiger partial charge in [0.2, 0.25) is 0 Å². The van der Waals surface area contributed by atoms with Crippen molar-refractivity contribution in [3.8, 4) is 11.1 Å². The lowest BCUT2D eigenvalue weighted by Crippen LogP contribution is -2.13. The van der Waals surface area contributed by atoms with Crippen LogP contribution in [-0.4, -0.2) is 14.6 Å². The number of halogens is 2. The molecule has 0 amide bonds. The quantitative estimate of drug-likeness (QED) is 0.692. The molecule has 0 bridgehead atoms. The average Bonchev–Trinajstić information content (AvgIpc) is 2.42. The van der Waals surface area contributed by atoms with Crippen molar-refractivity contribution in [2.45, 2.75) is 6.92 Å². The molecule has 1 aromatic carbocycles. The fourth-order valence-corrected chi connectivity index (χ4v) is 2.32. The summed E-state index contributed by atoms with van der Waals surface area (Å²) in [6.45, 7) is 1.87. The van der Waals surface area contributed by atoms with Gasteiger partial charge < -0.3 is 0 Å². The largest absolute Gasteiger partial charge is 0.281 e. The summed E-state index contributed by atoms with van der Waals surface area (Å²) >= 11 is 11.9. The molecule has 0 fully saturated rings. The lowest BCUT2D eigenvalue weighted by molar-refractivity contribution is 0.858. The van der Waals surface area contributed by atoms with Gasteiger partial charge in [-0.05, 0) is 36.8 Å². The minimum atomic E-state index is -0.325. The predicted molar refractivity (Wildman–Crippen MR) is 79.5 cm³/mol. The van der Waals surface area contributed by atoms with Gasteiger partial charge in [0.1, 0.15) is 6.33 Å². The topological polar surface area (TPSA) is 47.3 Å². The highest BCUT2D eigenvalue weighted by Gasteiger charge is 2.11. The SMILES string of the molecule is Cc1ccc2c(-c3ccc(Cl)c(Cl)c3)c(=O)ncn2n1. The van der Waals surface area contributed by atoms with Crippen LogP contribution < -0.4 is 5.56 Å². The van der Waals surface area contributed by atoms with E-state index in [2.05, 4.69) is 10.1 Å². The molecular weight excluding hydrogens is 297 g/mol. The van der Waals surface area contributed by atoms with Gasteiger partial charge in [-0.2, -0.15) is 10.1 Å². The molecule has 0 saturated carbocycles. The third kappa shape index (κ3) is 2.17. The van der Waals surface area contributed by atoms with E-state index in [1.54, 1.807) is 22.7 Å². The Labute approximate surface area is 124 Å². The third-order valence-electron chi connectivity index (χ3n) is 2.96. The summed E-state index contributed by atoms with van der Waals surface area (Å²) < 4.78 is 1.58. The van der Waals surface area contributed by atoms with E-state index in [1.165, 1.54) is 6.33 Å². The molecule has 6 heteroatoms. The van der Waals surface area contributed by atoms with E-state index in [0.717, 1.165) is 5.69 Å². The first-order valence-corrected chi connectivity index (χ1v) is 6.62. The fourth-order valence-electron chi connectivity index (χ4n) is 2.02. The van der Waals surface area contributed by atoms with Gasteiger partial charge in [0.15, 0.2) is 0 Å². The van der Waals surface area contributed by atoms with E-state index < -0.39 is 0 Å². The van der Waals surface area contributed by atoms with Crippen LogP contribution in [0.25, 0.3) is 16.6 Å². The molecule has 3 aromatic rings. The highest BCUT2D eigenvalue weighted by atomic mass is 35.5. The smallest absolute Gasteiger partial charge is 0.267 e. The molecule has 0 aliphatic rings. The van der Waals surface area contributed by atoms with Crippen molar-refractivity contribution in [3.05, 3.63) is 62.8 Å². The molecule has 0 aliphatic heterocycles. The standard InChI is InChI=1S/C14H9Cl2N3O/c1-8-2-5-12-13(14(20)17-7-19(12)18-8)9-3-4-10(15)11(16)6-9/h2-7H,1H3. The van der Waals surface area contributed by atoms with Crippen LogP contribution in [0.5, 0.6) is 0 Å². The molecule has 2 heterocycles. The Morgan fingerprint density at radius 1 is 1.10 bits per heavy atom. The van der Waals surface area contributed by atoms with E-state index >= 15 is 0 Å². The lowest BCUT2D eigenvalue weighted by Gasteiger charge is -2.07. The predicted octanol–water partition coefficient (Wildman–Crippen LogP) is 3.37. The minimum Gasteiger partial charge on any atom is -0.267 e. The summed E-state index contributed by atoms with van der Waals surface area (Å²) in [5.41, 5.74) is 2.31. The number of nitrogens with zero attached hydrogens (tertiary/aromatic N) is 3. The van der Waals surface area contributed by atoms with E-state index in [4.69, 9.17) is 23.2 Å². The zero-order valence-corrected chi connectivity index (χ0v) is 12.0. The summed E-state index contributed by atoms with van der Waals surface area (Å²) in [7, 11) is 0. The van der Waals surface area contributed by atoms with Crippen LogP contribution in [-0.2, 0) is 0 Å². The van der Waals surface area contributed by atoms with Gasteiger partial charge >= 0.3 is 0 Å². The van der Waals surface area contributed by atoms with Crippen molar-refractivity contribution >= 4 is 28.7 Å². The molecule has 20 heavy (non-hydrogen) atoms.